The van der Waals surface area contributed by atoms with Crippen molar-refractivity contribution < 1.29 is 25.3 Å². The van der Waals surface area contributed by atoms with Crippen molar-refractivity contribution in [1.82, 2.24) is 0 Å². The fraction of sp³-hybridized carbons (Fsp3) is 0.414. The number of hydrogen-bond acceptors (Lipinski definition) is 5. The summed E-state index contributed by atoms with van der Waals surface area (Å²) >= 11 is 0. The van der Waals surface area contributed by atoms with Gasteiger partial charge in [-0.15, -0.1) is 13.2 Å². The van der Waals surface area contributed by atoms with Crippen LogP contribution in [0.1, 0.15) is 76.8 Å². The number of fused-ring (bicyclic) bond motifs is 1. The topological polar surface area (TPSA) is 72.9 Å². The molecule has 0 N–H and O–H groups in total. The number of rotatable bonds is 6. The molecule has 1 amide bonds. The largest absolute Gasteiger partial charge is 0.462 e. The summed E-state index contributed by atoms with van der Waals surface area (Å²) in [7, 11) is 0. The van der Waals surface area contributed by atoms with E-state index in [2.05, 4.69) is 13.2 Å². The predicted octanol–water partition coefficient (Wildman–Crippen LogP) is 6.55. The molecule has 0 aromatic heterocycles. The highest BCUT2D eigenvalue weighted by Crippen LogP contribution is 2.44. The average molecular weight is 484 g/mol. The zero-order chi connectivity index (χ0) is 26.5. The lowest BCUT2D eigenvalue weighted by Crippen LogP contribution is -2.47. The Bertz CT molecular complexity index is 979. The van der Waals surface area contributed by atoms with Crippen LogP contribution in [0, 0.1) is 5.92 Å². The van der Waals surface area contributed by atoms with E-state index in [0.717, 1.165) is 16.8 Å². The Morgan fingerprint density at radius 1 is 1.00 bits per heavy atom. The number of esters is 2. The van der Waals surface area contributed by atoms with E-state index in [1.807, 2.05) is 58.0 Å². The zero-order valence-corrected chi connectivity index (χ0v) is 21.9. The highest BCUT2D eigenvalue weighted by molar-refractivity contribution is 5.96. The van der Waals surface area contributed by atoms with Crippen molar-refractivity contribution in [3.8, 4) is 0 Å². The van der Waals surface area contributed by atoms with Gasteiger partial charge in [0.1, 0.15) is 6.61 Å². The van der Waals surface area contributed by atoms with Gasteiger partial charge in [-0.3, -0.25) is 9.59 Å². The number of carbonyl (C=O) groups excluding carboxylic acids is 3. The number of ether oxygens (including phenoxy) is 2. The molecule has 192 valence electrons. The maximum atomic E-state index is 12.7. The molecule has 0 aliphatic carbocycles. The fourth-order valence-corrected chi connectivity index (χ4v) is 4.22. The SMILES string of the molecule is C=C.CC.CCOC(=O)c1ccc2c(c1)[C@H](CC(=O)OCc1ccccc1)[C@@H](C)C(C)N2C(C)=O.[HH]. The van der Waals surface area contributed by atoms with Gasteiger partial charge in [-0.2, -0.15) is 0 Å². The monoisotopic (exact) mass is 483 g/mol. The van der Waals surface area contributed by atoms with E-state index in [1.165, 1.54) is 6.92 Å². The normalized spacial score (nSPS) is 18.0. The fourth-order valence-electron chi connectivity index (χ4n) is 4.22. The number of carbonyl (C=O) groups is 3. The lowest BCUT2D eigenvalue weighted by atomic mass is 9.75. The van der Waals surface area contributed by atoms with Crippen molar-refractivity contribution in [2.75, 3.05) is 11.5 Å². The summed E-state index contributed by atoms with van der Waals surface area (Å²) in [5.74, 6) is -0.987. The van der Waals surface area contributed by atoms with Gasteiger partial charge in [-0.05, 0) is 49.1 Å². The summed E-state index contributed by atoms with van der Waals surface area (Å²) < 4.78 is 10.6. The molecule has 6 heteroatoms. The van der Waals surface area contributed by atoms with Gasteiger partial charge >= 0.3 is 11.9 Å². The van der Waals surface area contributed by atoms with E-state index in [1.54, 1.807) is 30.0 Å². The molecule has 6 nitrogen and oxygen atoms in total. The molecule has 0 saturated heterocycles. The summed E-state index contributed by atoms with van der Waals surface area (Å²) in [5.41, 5.74) is 2.86. The van der Waals surface area contributed by atoms with E-state index in [0.29, 0.717) is 5.56 Å². The average Bonchev–Trinajstić information content (AvgIpc) is 2.88. The Hall–Kier alpha value is -3.41. The number of anilines is 1. The Kier molecular flexibility index (Phi) is 12.5. The van der Waals surface area contributed by atoms with Gasteiger partial charge in [0.05, 0.1) is 18.6 Å². The minimum absolute atomic E-state index is 0. The maximum absolute atomic E-state index is 12.7. The first-order chi connectivity index (χ1) is 16.8. The minimum atomic E-state index is -0.420. The lowest BCUT2D eigenvalue weighted by molar-refractivity contribution is -0.145. The van der Waals surface area contributed by atoms with E-state index < -0.39 is 5.97 Å². The molecule has 35 heavy (non-hydrogen) atoms. The van der Waals surface area contributed by atoms with Crippen molar-refractivity contribution in [3.63, 3.8) is 0 Å². The second kappa shape index (κ2) is 14.8. The number of hydrogen-bond donors (Lipinski definition) is 0. The second-order valence-electron chi connectivity index (χ2n) is 7.94. The van der Waals surface area contributed by atoms with Crippen LogP contribution in [0.4, 0.5) is 5.69 Å². The first-order valence-corrected chi connectivity index (χ1v) is 12.1. The van der Waals surface area contributed by atoms with E-state index in [-0.39, 0.29) is 50.8 Å². The van der Waals surface area contributed by atoms with E-state index in [4.69, 9.17) is 9.47 Å². The summed E-state index contributed by atoms with van der Waals surface area (Å²) in [6, 6.07) is 14.6. The van der Waals surface area contributed by atoms with Crippen molar-refractivity contribution in [3.05, 3.63) is 78.4 Å². The van der Waals surface area contributed by atoms with Gasteiger partial charge in [0, 0.05) is 26.0 Å². The first-order valence-electron chi connectivity index (χ1n) is 12.1. The van der Waals surface area contributed by atoms with Gasteiger partial charge in [0.25, 0.3) is 0 Å². The lowest BCUT2D eigenvalue weighted by Gasteiger charge is -2.43. The summed E-state index contributed by atoms with van der Waals surface area (Å²) in [6.07, 6.45) is 0.170. The maximum Gasteiger partial charge on any atom is 0.338 e. The molecule has 2 aromatic carbocycles. The number of benzene rings is 2. The molecular formula is C29H41NO5. The molecule has 0 fully saturated rings. The Labute approximate surface area is 211 Å². The van der Waals surface area contributed by atoms with Crippen molar-refractivity contribution in [1.29, 1.82) is 0 Å². The Morgan fingerprint density at radius 2 is 1.63 bits per heavy atom. The molecule has 0 radical (unpaired) electrons. The van der Waals surface area contributed by atoms with Crippen LogP contribution in [0.5, 0.6) is 0 Å². The molecule has 1 heterocycles. The Morgan fingerprint density at radius 3 is 2.20 bits per heavy atom. The highest BCUT2D eigenvalue weighted by atomic mass is 16.5. The van der Waals surface area contributed by atoms with Gasteiger partial charge in [0.2, 0.25) is 5.91 Å². The van der Waals surface area contributed by atoms with E-state index in [9.17, 15) is 14.4 Å². The summed E-state index contributed by atoms with van der Waals surface area (Å²) in [6.45, 7) is 17.8. The van der Waals surface area contributed by atoms with Crippen LogP contribution < -0.4 is 4.90 Å². The standard InChI is InChI=1S/C25H29NO5.C2H6.C2H4.H2/c1-5-30-25(29)20-11-12-23-22(13-20)21(16(2)17(3)26(23)18(4)27)14-24(28)31-15-19-9-7-6-8-10-19;2*1-2;/h6-13,16-17,21H,5,14-15H2,1-4H3;1-2H3;1-2H2;1H/t16-,17?,21+;;;/m0.../s1. The summed E-state index contributed by atoms with van der Waals surface area (Å²) in [5, 5.41) is 0. The van der Waals surface area contributed by atoms with E-state index >= 15 is 0 Å². The van der Waals surface area contributed by atoms with Crippen LogP contribution >= 0.6 is 0 Å². The molecule has 2 aromatic rings. The van der Waals surface area contributed by atoms with Crippen LogP contribution in [-0.4, -0.2) is 30.5 Å². The van der Waals surface area contributed by atoms with Crippen molar-refractivity contribution in [2.45, 2.75) is 66.5 Å². The molecule has 1 aliphatic rings. The molecule has 1 aliphatic heterocycles. The predicted molar refractivity (Wildman–Crippen MR) is 142 cm³/mol. The van der Waals surface area contributed by atoms with Crippen LogP contribution in [0.15, 0.2) is 61.7 Å². The third-order valence-electron chi connectivity index (χ3n) is 5.97. The van der Waals surface area contributed by atoms with Gasteiger partial charge in [0.15, 0.2) is 0 Å². The minimum Gasteiger partial charge on any atom is -0.462 e. The van der Waals surface area contributed by atoms with Crippen LogP contribution in [0.2, 0.25) is 0 Å². The number of nitrogens with zero attached hydrogens (tertiary/aromatic N) is 1. The first kappa shape index (κ1) is 29.6. The molecular weight excluding hydrogens is 442 g/mol. The number of amides is 1. The molecule has 0 bridgehead atoms. The van der Waals surface area contributed by atoms with Gasteiger partial charge < -0.3 is 14.4 Å². The van der Waals surface area contributed by atoms with Crippen molar-refractivity contribution in [2.24, 2.45) is 5.92 Å². The highest BCUT2D eigenvalue weighted by Gasteiger charge is 2.39. The van der Waals surface area contributed by atoms with Gasteiger partial charge in [-0.25, -0.2) is 4.79 Å². The second-order valence-corrected chi connectivity index (χ2v) is 7.94. The molecule has 1 unspecified atom stereocenters. The van der Waals surface area contributed by atoms with Crippen LogP contribution in [0.25, 0.3) is 0 Å². The quantitative estimate of drug-likeness (QED) is 0.344. The smallest absolute Gasteiger partial charge is 0.338 e. The summed E-state index contributed by atoms with van der Waals surface area (Å²) in [4.78, 5) is 39.1. The van der Waals surface area contributed by atoms with Gasteiger partial charge in [-0.1, -0.05) is 51.1 Å². The third kappa shape index (κ3) is 7.54. The third-order valence-corrected chi connectivity index (χ3v) is 5.97. The Balaban J connectivity index is 0.00000233. The van der Waals surface area contributed by atoms with Crippen LogP contribution in [-0.2, 0) is 25.7 Å². The molecule has 0 saturated carbocycles. The molecule has 3 atom stereocenters. The molecule has 0 spiro atoms. The van der Waals surface area contributed by atoms with Crippen molar-refractivity contribution >= 4 is 23.5 Å². The van der Waals surface area contributed by atoms with Crippen LogP contribution in [0.3, 0.4) is 0 Å². The zero-order valence-electron chi connectivity index (χ0n) is 21.9. The molecule has 3 rings (SSSR count).